The van der Waals surface area contributed by atoms with E-state index in [0.29, 0.717) is 12.0 Å². The molecule has 1 aliphatic rings. The van der Waals surface area contributed by atoms with Crippen molar-refractivity contribution in [3.63, 3.8) is 0 Å². The Kier molecular flexibility index (Phi) is 3.24. The first-order chi connectivity index (χ1) is 7.70. The summed E-state index contributed by atoms with van der Waals surface area (Å²) in [6.45, 7) is 6.08. The summed E-state index contributed by atoms with van der Waals surface area (Å²) in [5.74, 6) is 1.65. The highest BCUT2D eigenvalue weighted by atomic mass is 15.1. The van der Waals surface area contributed by atoms with Crippen molar-refractivity contribution in [2.75, 3.05) is 24.2 Å². The van der Waals surface area contributed by atoms with Gasteiger partial charge < -0.3 is 16.0 Å². The third-order valence-electron chi connectivity index (χ3n) is 2.58. The number of nitrogens with zero attached hydrogens (tertiary/aromatic N) is 2. The predicted molar refractivity (Wildman–Crippen MR) is 65.7 cm³/mol. The molecular weight excluding hydrogens is 202 g/mol. The molecule has 0 bridgehead atoms. The Bertz CT molecular complexity index is 375. The zero-order chi connectivity index (χ0) is 11.5. The van der Waals surface area contributed by atoms with Crippen molar-refractivity contribution in [1.82, 2.24) is 15.3 Å². The van der Waals surface area contributed by atoms with Crippen molar-refractivity contribution < 1.29 is 0 Å². The van der Waals surface area contributed by atoms with Gasteiger partial charge in [-0.2, -0.15) is 4.98 Å². The van der Waals surface area contributed by atoms with Gasteiger partial charge in [0.25, 0.3) is 0 Å². The minimum absolute atomic E-state index is 0.380. The Morgan fingerprint density at radius 1 is 1.31 bits per heavy atom. The summed E-state index contributed by atoms with van der Waals surface area (Å²) in [5, 5.41) is 9.74. The Morgan fingerprint density at radius 2 is 2.12 bits per heavy atom. The maximum atomic E-state index is 4.50. The molecule has 0 saturated heterocycles. The van der Waals surface area contributed by atoms with Crippen molar-refractivity contribution >= 4 is 11.8 Å². The molecule has 2 rings (SSSR count). The first-order valence-corrected chi connectivity index (χ1v) is 5.75. The first-order valence-electron chi connectivity index (χ1n) is 5.75. The van der Waals surface area contributed by atoms with Gasteiger partial charge in [0.2, 0.25) is 5.95 Å². The summed E-state index contributed by atoms with van der Waals surface area (Å²) in [6, 6.07) is 0.380. The van der Waals surface area contributed by atoms with Crippen LogP contribution in [0.25, 0.3) is 0 Å². The third kappa shape index (κ3) is 2.24. The van der Waals surface area contributed by atoms with Crippen LogP contribution in [0.5, 0.6) is 0 Å². The molecule has 2 heterocycles. The topological polar surface area (TPSA) is 61.9 Å². The number of rotatable bonds is 3. The van der Waals surface area contributed by atoms with E-state index in [4.69, 9.17) is 0 Å². The molecular formula is C11H19N5. The van der Waals surface area contributed by atoms with Crippen LogP contribution in [0.3, 0.4) is 0 Å². The lowest BCUT2D eigenvalue weighted by molar-refractivity contribution is 0.627. The van der Waals surface area contributed by atoms with E-state index in [9.17, 15) is 0 Å². The number of aromatic nitrogens is 2. The summed E-state index contributed by atoms with van der Waals surface area (Å²) >= 11 is 0. The lowest BCUT2D eigenvalue weighted by Gasteiger charge is -2.21. The van der Waals surface area contributed by atoms with Crippen LogP contribution in [-0.4, -0.2) is 29.6 Å². The highest BCUT2D eigenvalue weighted by molar-refractivity contribution is 5.51. The molecule has 0 aliphatic carbocycles. The average molecular weight is 221 g/mol. The fourth-order valence-corrected chi connectivity index (χ4v) is 1.85. The molecule has 16 heavy (non-hydrogen) atoms. The molecule has 1 aliphatic heterocycles. The second kappa shape index (κ2) is 4.65. The molecule has 0 atom stereocenters. The molecule has 0 spiro atoms. The van der Waals surface area contributed by atoms with E-state index in [2.05, 4.69) is 39.8 Å². The minimum Gasteiger partial charge on any atom is -0.367 e. The fourth-order valence-electron chi connectivity index (χ4n) is 1.85. The van der Waals surface area contributed by atoms with Crippen LogP contribution in [0, 0.1) is 0 Å². The van der Waals surface area contributed by atoms with Crippen LogP contribution in [-0.2, 0) is 13.0 Å². The van der Waals surface area contributed by atoms with E-state index in [1.807, 2.05) is 7.05 Å². The van der Waals surface area contributed by atoms with Crippen LogP contribution < -0.4 is 16.0 Å². The van der Waals surface area contributed by atoms with Gasteiger partial charge in [0.1, 0.15) is 5.82 Å². The maximum Gasteiger partial charge on any atom is 0.224 e. The number of fused-ring (bicyclic) bond motifs is 1. The van der Waals surface area contributed by atoms with Crippen molar-refractivity contribution in [2.24, 2.45) is 0 Å². The van der Waals surface area contributed by atoms with Crippen LogP contribution in [0.2, 0.25) is 0 Å². The monoisotopic (exact) mass is 221 g/mol. The van der Waals surface area contributed by atoms with Gasteiger partial charge in [-0.1, -0.05) is 0 Å². The zero-order valence-electron chi connectivity index (χ0n) is 10.1. The quantitative estimate of drug-likeness (QED) is 0.710. The van der Waals surface area contributed by atoms with Gasteiger partial charge in [0, 0.05) is 38.2 Å². The van der Waals surface area contributed by atoms with Gasteiger partial charge in [-0.3, -0.25) is 0 Å². The van der Waals surface area contributed by atoms with E-state index < -0.39 is 0 Å². The second-order valence-electron chi connectivity index (χ2n) is 4.30. The van der Waals surface area contributed by atoms with Crippen LogP contribution >= 0.6 is 0 Å². The molecule has 0 fully saturated rings. The van der Waals surface area contributed by atoms with E-state index in [-0.39, 0.29) is 0 Å². The number of hydrogen-bond donors (Lipinski definition) is 3. The molecule has 1 aromatic rings. The SMILES string of the molecule is CNc1nc2c(c(NC(C)C)n1)CNCC2. The summed E-state index contributed by atoms with van der Waals surface area (Å²) < 4.78 is 0. The maximum absolute atomic E-state index is 4.50. The predicted octanol–water partition coefficient (Wildman–Crippen LogP) is 0.984. The first kappa shape index (κ1) is 11.1. The van der Waals surface area contributed by atoms with Crippen LogP contribution in [0.4, 0.5) is 11.8 Å². The van der Waals surface area contributed by atoms with E-state index >= 15 is 0 Å². The Balaban J connectivity index is 2.39. The average Bonchev–Trinajstić information content (AvgIpc) is 2.28. The van der Waals surface area contributed by atoms with Gasteiger partial charge in [-0.25, -0.2) is 4.98 Å². The molecule has 5 heteroatoms. The summed E-state index contributed by atoms with van der Waals surface area (Å²) in [5.41, 5.74) is 2.36. The summed E-state index contributed by atoms with van der Waals surface area (Å²) in [6.07, 6.45) is 0.972. The van der Waals surface area contributed by atoms with Gasteiger partial charge in [-0.15, -0.1) is 0 Å². The van der Waals surface area contributed by atoms with Crippen molar-refractivity contribution in [2.45, 2.75) is 32.9 Å². The Labute approximate surface area is 96.1 Å². The molecule has 1 aromatic heterocycles. The Hall–Kier alpha value is -1.36. The minimum atomic E-state index is 0.380. The molecule has 0 unspecified atom stereocenters. The lowest BCUT2D eigenvalue weighted by Crippen LogP contribution is -2.27. The fraction of sp³-hybridized carbons (Fsp3) is 0.636. The molecule has 3 N–H and O–H groups in total. The summed E-state index contributed by atoms with van der Waals surface area (Å²) in [7, 11) is 1.85. The molecule has 0 radical (unpaired) electrons. The Morgan fingerprint density at radius 3 is 2.81 bits per heavy atom. The normalized spacial score (nSPS) is 14.8. The second-order valence-corrected chi connectivity index (χ2v) is 4.30. The molecule has 0 amide bonds. The van der Waals surface area contributed by atoms with E-state index in [1.165, 1.54) is 5.56 Å². The smallest absolute Gasteiger partial charge is 0.224 e. The number of hydrogen-bond acceptors (Lipinski definition) is 5. The molecule has 88 valence electrons. The van der Waals surface area contributed by atoms with Gasteiger partial charge in [0.05, 0.1) is 5.69 Å². The molecule has 0 aromatic carbocycles. The largest absolute Gasteiger partial charge is 0.367 e. The van der Waals surface area contributed by atoms with Crippen molar-refractivity contribution in [3.8, 4) is 0 Å². The lowest BCUT2D eigenvalue weighted by atomic mass is 10.1. The zero-order valence-corrected chi connectivity index (χ0v) is 10.1. The van der Waals surface area contributed by atoms with Gasteiger partial charge in [-0.05, 0) is 13.8 Å². The van der Waals surface area contributed by atoms with E-state index in [0.717, 1.165) is 31.0 Å². The number of anilines is 2. The third-order valence-corrected chi connectivity index (χ3v) is 2.58. The molecule has 0 saturated carbocycles. The number of nitrogens with one attached hydrogen (secondary N) is 3. The molecule has 5 nitrogen and oxygen atoms in total. The van der Waals surface area contributed by atoms with Crippen molar-refractivity contribution in [3.05, 3.63) is 11.3 Å². The standard InChI is InChI=1S/C11H19N5/c1-7(2)14-10-8-6-13-5-4-9(8)15-11(12-3)16-10/h7,13H,4-6H2,1-3H3,(H2,12,14,15,16). The van der Waals surface area contributed by atoms with Crippen LogP contribution in [0.1, 0.15) is 25.1 Å². The highest BCUT2D eigenvalue weighted by Gasteiger charge is 2.17. The van der Waals surface area contributed by atoms with Crippen molar-refractivity contribution in [1.29, 1.82) is 0 Å². The van der Waals surface area contributed by atoms with Gasteiger partial charge in [0.15, 0.2) is 0 Å². The van der Waals surface area contributed by atoms with E-state index in [1.54, 1.807) is 0 Å². The van der Waals surface area contributed by atoms with Gasteiger partial charge >= 0.3 is 0 Å². The summed E-state index contributed by atoms with van der Waals surface area (Å²) in [4.78, 5) is 8.97. The van der Waals surface area contributed by atoms with Crippen LogP contribution in [0.15, 0.2) is 0 Å². The highest BCUT2D eigenvalue weighted by Crippen LogP contribution is 2.22.